The van der Waals surface area contributed by atoms with Crippen molar-refractivity contribution < 1.29 is 4.79 Å². The number of hydrogen-bond donors (Lipinski definition) is 0. The Morgan fingerprint density at radius 3 is 2.83 bits per heavy atom. The third-order valence-corrected chi connectivity index (χ3v) is 6.09. The molecule has 0 atom stereocenters. The van der Waals surface area contributed by atoms with Gasteiger partial charge < -0.3 is 4.90 Å². The molecule has 4 aromatic rings. The van der Waals surface area contributed by atoms with E-state index in [-0.39, 0.29) is 5.91 Å². The number of thiazole rings is 1. The highest BCUT2D eigenvalue weighted by Crippen LogP contribution is 2.35. The van der Waals surface area contributed by atoms with Gasteiger partial charge in [-0.1, -0.05) is 23.8 Å². The van der Waals surface area contributed by atoms with Crippen LogP contribution < -0.4 is 4.90 Å². The molecule has 142 valence electrons. The maximum atomic E-state index is 13.0. The Morgan fingerprint density at radius 1 is 1.07 bits per heavy atom. The third-order valence-electron chi connectivity index (χ3n) is 5.19. The Morgan fingerprint density at radius 2 is 2.00 bits per heavy atom. The van der Waals surface area contributed by atoms with Gasteiger partial charge in [-0.25, -0.2) is 4.98 Å². The van der Waals surface area contributed by atoms with E-state index >= 15 is 0 Å². The van der Waals surface area contributed by atoms with Gasteiger partial charge in [0.15, 0.2) is 0 Å². The summed E-state index contributed by atoms with van der Waals surface area (Å²) >= 11 is 1.62. The maximum absolute atomic E-state index is 13.0. The number of aromatic nitrogens is 2. The van der Waals surface area contributed by atoms with E-state index in [9.17, 15) is 4.79 Å². The number of pyridine rings is 1. The molecule has 3 heterocycles. The first kappa shape index (κ1) is 17.8. The Hall–Kier alpha value is -3.31. The molecule has 0 saturated heterocycles. The molecule has 0 unspecified atom stereocenters. The van der Waals surface area contributed by atoms with Crippen molar-refractivity contribution in [2.24, 2.45) is 0 Å². The molecule has 29 heavy (non-hydrogen) atoms. The Kier molecular flexibility index (Phi) is 4.45. The van der Waals surface area contributed by atoms with E-state index < -0.39 is 0 Å². The average molecular weight is 398 g/mol. The summed E-state index contributed by atoms with van der Waals surface area (Å²) in [4.78, 5) is 23.8. The number of aryl methyl sites for hydroxylation is 1. The highest BCUT2D eigenvalue weighted by Gasteiger charge is 2.26. The van der Waals surface area contributed by atoms with Crippen LogP contribution >= 0.6 is 11.3 Å². The van der Waals surface area contributed by atoms with Gasteiger partial charge in [-0.15, -0.1) is 11.3 Å². The topological polar surface area (TPSA) is 46.1 Å². The maximum Gasteiger partial charge on any atom is 0.258 e. The first-order valence-electron chi connectivity index (χ1n) is 9.57. The molecule has 1 aliphatic rings. The minimum atomic E-state index is 0.0627. The van der Waals surface area contributed by atoms with Crippen LogP contribution in [0, 0.1) is 6.92 Å². The minimum Gasteiger partial charge on any atom is -0.308 e. The zero-order valence-corrected chi connectivity index (χ0v) is 16.8. The fourth-order valence-electron chi connectivity index (χ4n) is 3.73. The van der Waals surface area contributed by atoms with Crippen molar-refractivity contribution in [3.63, 3.8) is 0 Å². The van der Waals surface area contributed by atoms with Crippen LogP contribution in [0.25, 0.3) is 21.8 Å². The van der Waals surface area contributed by atoms with Crippen LogP contribution in [0.4, 0.5) is 5.69 Å². The van der Waals surface area contributed by atoms with E-state index in [1.165, 1.54) is 5.56 Å². The number of amides is 1. The van der Waals surface area contributed by atoms with Crippen molar-refractivity contribution in [2.45, 2.75) is 13.3 Å². The summed E-state index contributed by atoms with van der Waals surface area (Å²) in [5.74, 6) is 0.0627. The van der Waals surface area contributed by atoms with Crippen molar-refractivity contribution in [2.75, 3.05) is 11.4 Å². The number of rotatable bonds is 3. The lowest BCUT2D eigenvalue weighted by molar-refractivity contribution is 0.0989. The number of carbonyl (C=O) groups is 1. The summed E-state index contributed by atoms with van der Waals surface area (Å²) in [5, 5.41) is 3.04. The van der Waals surface area contributed by atoms with Crippen molar-refractivity contribution >= 4 is 22.9 Å². The molecule has 0 saturated carbocycles. The molecule has 0 aliphatic carbocycles. The van der Waals surface area contributed by atoms with E-state index in [4.69, 9.17) is 4.98 Å². The van der Waals surface area contributed by atoms with E-state index in [0.717, 1.165) is 45.1 Å². The quantitative estimate of drug-likeness (QED) is 0.466. The van der Waals surface area contributed by atoms with Crippen LogP contribution in [0.2, 0.25) is 0 Å². The average Bonchev–Trinajstić information content (AvgIpc) is 3.41. The van der Waals surface area contributed by atoms with Crippen LogP contribution in [0.1, 0.15) is 21.5 Å². The zero-order valence-electron chi connectivity index (χ0n) is 16.0. The molecule has 0 radical (unpaired) electrons. The fourth-order valence-corrected chi connectivity index (χ4v) is 4.55. The SMILES string of the molecule is Cc1cccc(C(=O)N2CCc3cc(-c4csc(-c5cccnc5)n4)ccc32)c1. The predicted molar refractivity (Wildman–Crippen MR) is 117 cm³/mol. The first-order chi connectivity index (χ1) is 14.2. The molecule has 0 fully saturated rings. The largest absolute Gasteiger partial charge is 0.308 e. The summed E-state index contributed by atoms with van der Waals surface area (Å²) in [5.41, 5.74) is 7.10. The van der Waals surface area contributed by atoms with Gasteiger partial charge in [0.2, 0.25) is 0 Å². The molecular formula is C24H19N3OS. The summed E-state index contributed by atoms with van der Waals surface area (Å²) in [6.45, 7) is 2.72. The van der Waals surface area contributed by atoms with Gasteiger partial charge in [0.25, 0.3) is 5.91 Å². The van der Waals surface area contributed by atoms with Crippen LogP contribution in [0.5, 0.6) is 0 Å². The molecule has 4 nitrogen and oxygen atoms in total. The van der Waals surface area contributed by atoms with Gasteiger partial charge in [-0.05, 0) is 55.3 Å². The number of hydrogen-bond acceptors (Lipinski definition) is 4. The number of fused-ring (bicyclic) bond motifs is 1. The van der Waals surface area contributed by atoms with Gasteiger partial charge in [0, 0.05) is 46.7 Å². The molecule has 0 N–H and O–H groups in total. The van der Waals surface area contributed by atoms with Gasteiger partial charge >= 0.3 is 0 Å². The van der Waals surface area contributed by atoms with Crippen molar-refractivity contribution in [1.82, 2.24) is 9.97 Å². The number of nitrogens with zero attached hydrogens (tertiary/aromatic N) is 3. The molecule has 2 aromatic heterocycles. The summed E-state index contributed by atoms with van der Waals surface area (Å²) in [6.07, 6.45) is 4.46. The monoisotopic (exact) mass is 397 g/mol. The number of carbonyl (C=O) groups excluding carboxylic acids is 1. The van der Waals surface area contributed by atoms with E-state index in [1.54, 1.807) is 17.5 Å². The van der Waals surface area contributed by atoms with Crippen LogP contribution in [0.3, 0.4) is 0 Å². The second-order valence-electron chi connectivity index (χ2n) is 7.20. The van der Waals surface area contributed by atoms with Crippen LogP contribution in [-0.4, -0.2) is 22.4 Å². The highest BCUT2D eigenvalue weighted by molar-refractivity contribution is 7.13. The lowest BCUT2D eigenvalue weighted by Crippen LogP contribution is -2.28. The Bertz CT molecular complexity index is 1200. The molecule has 2 aromatic carbocycles. The summed E-state index contributed by atoms with van der Waals surface area (Å²) in [7, 11) is 0. The van der Waals surface area contributed by atoms with Crippen LogP contribution in [0.15, 0.2) is 72.4 Å². The first-order valence-corrected chi connectivity index (χ1v) is 10.4. The van der Waals surface area contributed by atoms with Gasteiger partial charge in [-0.3, -0.25) is 9.78 Å². The predicted octanol–water partition coefficient (Wildman–Crippen LogP) is 5.38. The lowest BCUT2D eigenvalue weighted by atomic mass is 10.1. The van der Waals surface area contributed by atoms with Crippen LogP contribution in [-0.2, 0) is 6.42 Å². The second-order valence-corrected chi connectivity index (χ2v) is 8.06. The Labute approximate surface area is 173 Å². The third kappa shape index (κ3) is 3.34. The molecule has 1 amide bonds. The second kappa shape index (κ2) is 7.26. The zero-order chi connectivity index (χ0) is 19.8. The number of benzene rings is 2. The van der Waals surface area contributed by atoms with Gasteiger partial charge in [0.1, 0.15) is 5.01 Å². The number of anilines is 1. The van der Waals surface area contributed by atoms with E-state index in [1.807, 2.05) is 54.4 Å². The van der Waals surface area contributed by atoms with Gasteiger partial charge in [0.05, 0.1) is 5.69 Å². The van der Waals surface area contributed by atoms with Crippen molar-refractivity contribution in [3.8, 4) is 21.8 Å². The van der Waals surface area contributed by atoms with E-state index in [2.05, 4.69) is 28.6 Å². The molecule has 5 heteroatoms. The van der Waals surface area contributed by atoms with Crippen molar-refractivity contribution in [1.29, 1.82) is 0 Å². The smallest absolute Gasteiger partial charge is 0.258 e. The normalized spacial score (nSPS) is 12.8. The lowest BCUT2D eigenvalue weighted by Gasteiger charge is -2.18. The van der Waals surface area contributed by atoms with Gasteiger partial charge in [-0.2, -0.15) is 0 Å². The molecule has 5 rings (SSSR count). The minimum absolute atomic E-state index is 0.0627. The molecule has 0 bridgehead atoms. The van der Waals surface area contributed by atoms with Crippen molar-refractivity contribution in [3.05, 3.63) is 89.1 Å². The van der Waals surface area contributed by atoms with E-state index in [0.29, 0.717) is 6.54 Å². The summed E-state index contributed by atoms with van der Waals surface area (Å²) < 4.78 is 0. The summed E-state index contributed by atoms with van der Waals surface area (Å²) in [6, 6.07) is 18.0. The highest BCUT2D eigenvalue weighted by atomic mass is 32.1. The molecular weight excluding hydrogens is 378 g/mol. The standard InChI is InChI=1S/C24H19N3OS/c1-16-4-2-5-19(12-16)24(28)27-11-9-18-13-17(7-8-22(18)27)21-15-29-23(26-21)20-6-3-10-25-14-20/h2-8,10,12-15H,9,11H2,1H3. The molecule has 1 aliphatic heterocycles. The Balaban J connectivity index is 1.43. The fraction of sp³-hybridized carbons (Fsp3) is 0.125. The molecule has 0 spiro atoms.